The van der Waals surface area contributed by atoms with E-state index in [2.05, 4.69) is 22.0 Å². The third kappa shape index (κ3) is 4.50. The Morgan fingerprint density at radius 1 is 1.50 bits per heavy atom. The van der Waals surface area contributed by atoms with Crippen LogP contribution in [-0.2, 0) is 22.4 Å². The molecular formula is C14H16BrNO2. The predicted octanol–water partition coefficient (Wildman–Crippen LogP) is 2.99. The van der Waals surface area contributed by atoms with Crippen LogP contribution in [0, 0.1) is 11.3 Å². The number of nitriles is 1. The van der Waals surface area contributed by atoms with Crippen LogP contribution in [0.4, 0.5) is 0 Å². The van der Waals surface area contributed by atoms with Gasteiger partial charge in [0.1, 0.15) is 0 Å². The molecule has 0 fully saturated rings. The minimum Gasteiger partial charge on any atom is -0.466 e. The number of hydrogen-bond acceptors (Lipinski definition) is 3. The molecule has 96 valence electrons. The molecule has 3 nitrogen and oxygen atoms in total. The van der Waals surface area contributed by atoms with E-state index in [4.69, 9.17) is 10.00 Å². The number of ether oxygens (including phenoxy) is 1. The van der Waals surface area contributed by atoms with Crippen molar-refractivity contribution >= 4 is 21.9 Å². The van der Waals surface area contributed by atoms with E-state index in [9.17, 15) is 4.79 Å². The van der Waals surface area contributed by atoms with Gasteiger partial charge in [-0.3, -0.25) is 4.79 Å². The number of carbonyl (C=O) groups excluding carboxylic acids is 1. The lowest BCUT2D eigenvalue weighted by molar-refractivity contribution is -0.142. The summed E-state index contributed by atoms with van der Waals surface area (Å²) in [6.45, 7) is 2.14. The fourth-order valence-electron chi connectivity index (χ4n) is 1.68. The van der Waals surface area contributed by atoms with E-state index >= 15 is 0 Å². The summed E-state index contributed by atoms with van der Waals surface area (Å²) in [5.41, 5.74) is 2.42. The van der Waals surface area contributed by atoms with Gasteiger partial charge in [0.25, 0.3) is 0 Å². The van der Waals surface area contributed by atoms with Crippen molar-refractivity contribution in [3.8, 4) is 6.07 Å². The molecule has 0 aliphatic carbocycles. The topological polar surface area (TPSA) is 50.1 Å². The lowest BCUT2D eigenvalue weighted by Gasteiger charge is -2.06. The monoisotopic (exact) mass is 309 g/mol. The van der Waals surface area contributed by atoms with Crippen LogP contribution >= 0.6 is 15.9 Å². The molecule has 4 heteroatoms. The zero-order valence-electron chi connectivity index (χ0n) is 10.4. The third-order valence-electron chi connectivity index (χ3n) is 2.53. The number of rotatable bonds is 6. The van der Waals surface area contributed by atoms with Gasteiger partial charge in [-0.25, -0.2) is 0 Å². The Hall–Kier alpha value is -1.34. The zero-order valence-corrected chi connectivity index (χ0v) is 12.0. The van der Waals surface area contributed by atoms with Gasteiger partial charge < -0.3 is 4.74 Å². The van der Waals surface area contributed by atoms with Crippen LogP contribution in [0.2, 0.25) is 0 Å². The summed E-state index contributed by atoms with van der Waals surface area (Å²) in [6, 6.07) is 7.82. The second-order valence-corrected chi connectivity index (χ2v) is 4.67. The highest BCUT2D eigenvalue weighted by Crippen LogP contribution is 2.14. The number of hydrogen-bond donors (Lipinski definition) is 0. The van der Waals surface area contributed by atoms with Gasteiger partial charge >= 0.3 is 5.97 Å². The van der Waals surface area contributed by atoms with Crippen molar-refractivity contribution in [2.45, 2.75) is 26.2 Å². The molecule has 0 unspecified atom stereocenters. The number of aryl methyl sites for hydroxylation is 1. The molecule has 0 saturated carbocycles. The molecule has 0 radical (unpaired) electrons. The fraction of sp³-hybridized carbons (Fsp3) is 0.429. The van der Waals surface area contributed by atoms with Crippen LogP contribution in [0.1, 0.15) is 30.0 Å². The van der Waals surface area contributed by atoms with E-state index in [0.717, 1.165) is 29.3 Å². The van der Waals surface area contributed by atoms with Crippen molar-refractivity contribution < 1.29 is 9.53 Å². The quantitative estimate of drug-likeness (QED) is 0.599. The first kappa shape index (κ1) is 14.7. The number of alkyl halides is 1. The van der Waals surface area contributed by atoms with Gasteiger partial charge in [0.05, 0.1) is 24.7 Å². The average Bonchev–Trinajstić information content (AvgIpc) is 2.37. The van der Waals surface area contributed by atoms with Gasteiger partial charge in [0, 0.05) is 5.33 Å². The second kappa shape index (κ2) is 7.88. The molecule has 0 atom stereocenters. The van der Waals surface area contributed by atoms with Crippen molar-refractivity contribution in [3.63, 3.8) is 0 Å². The van der Waals surface area contributed by atoms with Crippen LogP contribution in [0.25, 0.3) is 0 Å². The van der Waals surface area contributed by atoms with E-state index in [1.165, 1.54) is 0 Å². The molecule has 0 heterocycles. The van der Waals surface area contributed by atoms with Gasteiger partial charge in [-0.1, -0.05) is 28.1 Å². The summed E-state index contributed by atoms with van der Waals surface area (Å²) in [6.07, 6.45) is 2.12. The van der Waals surface area contributed by atoms with Crippen LogP contribution in [0.3, 0.4) is 0 Å². The maximum Gasteiger partial charge on any atom is 0.310 e. The Morgan fingerprint density at radius 2 is 2.28 bits per heavy atom. The lowest BCUT2D eigenvalue weighted by Crippen LogP contribution is -2.08. The van der Waals surface area contributed by atoms with E-state index in [1.807, 2.05) is 18.2 Å². The molecule has 1 aromatic rings. The fourth-order valence-corrected chi connectivity index (χ4v) is 1.96. The first-order chi connectivity index (χ1) is 8.71. The van der Waals surface area contributed by atoms with Crippen LogP contribution in [-0.4, -0.2) is 17.9 Å². The minimum atomic E-state index is -0.290. The Bertz CT molecular complexity index is 452. The van der Waals surface area contributed by atoms with Gasteiger partial charge in [-0.05, 0) is 37.0 Å². The minimum absolute atomic E-state index is 0.162. The zero-order chi connectivity index (χ0) is 13.4. The Labute approximate surface area is 116 Å². The van der Waals surface area contributed by atoms with E-state index in [-0.39, 0.29) is 12.4 Å². The normalized spacial score (nSPS) is 9.83. The average molecular weight is 310 g/mol. The summed E-state index contributed by atoms with van der Waals surface area (Å²) in [4.78, 5) is 11.4. The van der Waals surface area contributed by atoms with Gasteiger partial charge in [0.15, 0.2) is 0 Å². The number of benzene rings is 1. The largest absolute Gasteiger partial charge is 0.466 e. The van der Waals surface area contributed by atoms with E-state index in [0.29, 0.717) is 12.2 Å². The smallest absolute Gasteiger partial charge is 0.310 e. The summed E-state index contributed by atoms with van der Waals surface area (Å²) >= 11 is 3.38. The number of esters is 1. The molecule has 0 amide bonds. The maximum atomic E-state index is 11.4. The van der Waals surface area contributed by atoms with Gasteiger partial charge in [0.2, 0.25) is 0 Å². The Morgan fingerprint density at radius 3 is 2.89 bits per heavy atom. The molecule has 0 spiro atoms. The molecule has 0 N–H and O–H groups in total. The SMILES string of the molecule is CCOC(=O)Cc1ccc(CCCBr)cc1C#N. The van der Waals surface area contributed by atoms with E-state index in [1.54, 1.807) is 6.92 Å². The molecule has 1 rings (SSSR count). The summed E-state index contributed by atoms with van der Waals surface area (Å²) in [7, 11) is 0. The molecule has 1 aromatic carbocycles. The van der Waals surface area contributed by atoms with Crippen molar-refractivity contribution in [3.05, 3.63) is 34.9 Å². The molecular weight excluding hydrogens is 294 g/mol. The molecule has 0 aromatic heterocycles. The first-order valence-electron chi connectivity index (χ1n) is 5.94. The van der Waals surface area contributed by atoms with Crippen molar-refractivity contribution in [2.75, 3.05) is 11.9 Å². The summed E-state index contributed by atoms with van der Waals surface area (Å²) in [5, 5.41) is 10.0. The van der Waals surface area contributed by atoms with Crippen molar-refractivity contribution in [1.29, 1.82) is 5.26 Å². The highest BCUT2D eigenvalue weighted by atomic mass is 79.9. The maximum absolute atomic E-state index is 11.4. The summed E-state index contributed by atoms with van der Waals surface area (Å²) in [5.74, 6) is -0.290. The van der Waals surface area contributed by atoms with E-state index < -0.39 is 0 Å². The van der Waals surface area contributed by atoms with Crippen LogP contribution < -0.4 is 0 Å². The highest BCUT2D eigenvalue weighted by Gasteiger charge is 2.09. The molecule has 0 aliphatic heterocycles. The van der Waals surface area contributed by atoms with Gasteiger partial charge in [-0.15, -0.1) is 0 Å². The molecule has 0 bridgehead atoms. The predicted molar refractivity (Wildman–Crippen MR) is 73.6 cm³/mol. The Balaban J connectivity index is 2.80. The lowest BCUT2D eigenvalue weighted by atomic mass is 10.0. The summed E-state index contributed by atoms with van der Waals surface area (Å²) < 4.78 is 4.89. The highest BCUT2D eigenvalue weighted by molar-refractivity contribution is 9.09. The molecule has 0 saturated heterocycles. The first-order valence-corrected chi connectivity index (χ1v) is 7.07. The van der Waals surface area contributed by atoms with Gasteiger partial charge in [-0.2, -0.15) is 5.26 Å². The van der Waals surface area contributed by atoms with Crippen LogP contribution in [0.5, 0.6) is 0 Å². The van der Waals surface area contributed by atoms with Crippen molar-refractivity contribution in [2.24, 2.45) is 0 Å². The number of carbonyl (C=O) groups is 1. The van der Waals surface area contributed by atoms with Crippen molar-refractivity contribution in [1.82, 2.24) is 0 Å². The number of halogens is 1. The standard InChI is InChI=1S/C14H16BrNO2/c1-2-18-14(17)9-12-6-5-11(4-3-7-15)8-13(12)10-16/h5-6,8H,2-4,7,9H2,1H3. The van der Waals surface area contributed by atoms with Crippen LogP contribution in [0.15, 0.2) is 18.2 Å². The Kier molecular flexibility index (Phi) is 6.45. The molecule has 0 aliphatic rings. The number of nitrogens with zero attached hydrogens (tertiary/aromatic N) is 1. The third-order valence-corrected chi connectivity index (χ3v) is 3.09. The second-order valence-electron chi connectivity index (χ2n) is 3.88. The molecule has 18 heavy (non-hydrogen) atoms.